The zero-order valence-corrected chi connectivity index (χ0v) is 13.0. The molecule has 0 radical (unpaired) electrons. The lowest BCUT2D eigenvalue weighted by Gasteiger charge is -2.14. The molecule has 1 aromatic rings. The second kappa shape index (κ2) is 9.72. The highest BCUT2D eigenvalue weighted by Gasteiger charge is 2.07. The first-order valence-electron chi connectivity index (χ1n) is 6.44. The Hall–Kier alpha value is -1.13. The van der Waals surface area contributed by atoms with Gasteiger partial charge in [0.15, 0.2) is 0 Å². The van der Waals surface area contributed by atoms with Crippen LogP contribution in [-0.4, -0.2) is 44.2 Å². The Balaban J connectivity index is 2.30. The number of nitriles is 1. The molecule has 0 bridgehead atoms. The fourth-order valence-corrected chi connectivity index (χ4v) is 1.89. The number of benzene rings is 1. The fraction of sp³-hybridized carbons (Fsp3) is 0.500. The van der Waals surface area contributed by atoms with E-state index in [9.17, 15) is 5.11 Å². The van der Waals surface area contributed by atoms with E-state index in [1.54, 1.807) is 12.1 Å². The lowest BCUT2D eigenvalue weighted by Crippen LogP contribution is -2.26. The molecule has 20 heavy (non-hydrogen) atoms. The van der Waals surface area contributed by atoms with Crippen molar-refractivity contribution in [2.75, 3.05) is 38.3 Å². The Labute approximate surface area is 127 Å². The van der Waals surface area contributed by atoms with Gasteiger partial charge in [-0.25, -0.2) is 0 Å². The van der Waals surface area contributed by atoms with Crippen LogP contribution in [0.25, 0.3) is 0 Å². The molecule has 0 aliphatic rings. The highest BCUT2D eigenvalue weighted by Crippen LogP contribution is 2.20. The van der Waals surface area contributed by atoms with Gasteiger partial charge in [0.2, 0.25) is 0 Å². The van der Waals surface area contributed by atoms with Crippen LogP contribution in [0.3, 0.4) is 0 Å². The van der Waals surface area contributed by atoms with E-state index in [4.69, 9.17) is 14.7 Å². The van der Waals surface area contributed by atoms with Crippen molar-refractivity contribution in [3.63, 3.8) is 0 Å². The summed E-state index contributed by atoms with van der Waals surface area (Å²) in [6, 6.07) is 7.47. The summed E-state index contributed by atoms with van der Waals surface area (Å²) < 4.78 is 11.2. The van der Waals surface area contributed by atoms with Crippen LogP contribution in [0.5, 0.6) is 0 Å². The van der Waals surface area contributed by atoms with Gasteiger partial charge in [0.1, 0.15) is 6.07 Å². The molecule has 0 aliphatic heterocycles. The van der Waals surface area contributed by atoms with E-state index in [1.165, 1.54) is 0 Å². The topological polar surface area (TPSA) is 74.5 Å². The van der Waals surface area contributed by atoms with Gasteiger partial charge < -0.3 is 19.9 Å². The summed E-state index contributed by atoms with van der Waals surface area (Å²) in [5.74, 6) is 0. The normalized spacial score (nSPS) is 11.9. The standard InChI is InChI=1S/C14H19BrN2O3/c1-2-19-5-6-20-10-13(18)9-17-14-4-3-12(15)7-11(14)8-16/h3-4,7,13,17-18H,2,5-6,9-10H2,1H3. The molecule has 110 valence electrons. The maximum absolute atomic E-state index is 9.76. The monoisotopic (exact) mass is 342 g/mol. The molecule has 0 saturated heterocycles. The van der Waals surface area contributed by atoms with Gasteiger partial charge in [0.25, 0.3) is 0 Å². The number of aliphatic hydroxyl groups excluding tert-OH is 1. The molecule has 2 N–H and O–H groups in total. The fourth-order valence-electron chi connectivity index (χ4n) is 1.53. The third kappa shape index (κ3) is 6.35. The Bertz CT molecular complexity index is 449. The average Bonchev–Trinajstić information content (AvgIpc) is 2.45. The van der Waals surface area contributed by atoms with Crippen molar-refractivity contribution >= 4 is 21.6 Å². The van der Waals surface area contributed by atoms with Gasteiger partial charge in [0.05, 0.1) is 37.2 Å². The highest BCUT2D eigenvalue weighted by atomic mass is 79.9. The van der Waals surface area contributed by atoms with Crippen LogP contribution < -0.4 is 5.32 Å². The van der Waals surface area contributed by atoms with Gasteiger partial charge in [-0.1, -0.05) is 15.9 Å². The molecule has 0 heterocycles. The molecule has 0 aromatic heterocycles. The van der Waals surface area contributed by atoms with E-state index in [0.717, 1.165) is 4.47 Å². The molecule has 1 atom stereocenters. The molecular weight excluding hydrogens is 324 g/mol. The van der Waals surface area contributed by atoms with Crippen molar-refractivity contribution in [1.82, 2.24) is 0 Å². The predicted octanol–water partition coefficient (Wildman–Crippen LogP) is 2.15. The Kier molecular flexibility index (Phi) is 8.23. The van der Waals surface area contributed by atoms with Crippen molar-refractivity contribution in [3.8, 4) is 6.07 Å². The van der Waals surface area contributed by atoms with Crippen LogP contribution in [0.4, 0.5) is 5.69 Å². The SMILES string of the molecule is CCOCCOCC(O)CNc1ccc(Br)cc1C#N. The van der Waals surface area contributed by atoms with Crippen molar-refractivity contribution in [3.05, 3.63) is 28.2 Å². The van der Waals surface area contributed by atoms with Crippen molar-refractivity contribution in [1.29, 1.82) is 5.26 Å². The first-order valence-corrected chi connectivity index (χ1v) is 7.23. The van der Waals surface area contributed by atoms with E-state index in [2.05, 4.69) is 27.3 Å². The molecule has 6 heteroatoms. The number of hydrogen-bond acceptors (Lipinski definition) is 5. The van der Waals surface area contributed by atoms with Gasteiger partial charge in [-0.15, -0.1) is 0 Å². The molecule has 0 fully saturated rings. The lowest BCUT2D eigenvalue weighted by molar-refractivity contribution is 0.0103. The van der Waals surface area contributed by atoms with Crippen molar-refractivity contribution in [2.45, 2.75) is 13.0 Å². The van der Waals surface area contributed by atoms with Gasteiger partial charge >= 0.3 is 0 Å². The summed E-state index contributed by atoms with van der Waals surface area (Å²) in [5.41, 5.74) is 1.23. The number of hydrogen-bond donors (Lipinski definition) is 2. The first kappa shape index (κ1) is 16.9. The lowest BCUT2D eigenvalue weighted by atomic mass is 10.2. The maximum Gasteiger partial charge on any atom is 0.101 e. The summed E-state index contributed by atoms with van der Waals surface area (Å²) in [5, 5.41) is 21.8. The van der Waals surface area contributed by atoms with E-state index in [1.807, 2.05) is 13.0 Å². The van der Waals surface area contributed by atoms with E-state index >= 15 is 0 Å². The van der Waals surface area contributed by atoms with Crippen LogP contribution in [0, 0.1) is 11.3 Å². The zero-order valence-electron chi connectivity index (χ0n) is 11.4. The Morgan fingerprint density at radius 1 is 1.40 bits per heavy atom. The van der Waals surface area contributed by atoms with E-state index < -0.39 is 6.10 Å². The largest absolute Gasteiger partial charge is 0.389 e. The zero-order chi connectivity index (χ0) is 14.8. The van der Waals surface area contributed by atoms with Gasteiger partial charge in [-0.3, -0.25) is 0 Å². The third-order valence-electron chi connectivity index (χ3n) is 2.52. The second-order valence-corrected chi connectivity index (χ2v) is 5.02. The number of nitrogens with zero attached hydrogens (tertiary/aromatic N) is 1. The van der Waals surface area contributed by atoms with Gasteiger partial charge in [0, 0.05) is 17.6 Å². The molecule has 0 amide bonds. The Morgan fingerprint density at radius 3 is 2.85 bits per heavy atom. The molecule has 0 spiro atoms. The van der Waals surface area contributed by atoms with E-state index in [0.29, 0.717) is 37.6 Å². The quantitative estimate of drug-likeness (QED) is 0.672. The van der Waals surface area contributed by atoms with Crippen LogP contribution in [0.2, 0.25) is 0 Å². The second-order valence-electron chi connectivity index (χ2n) is 4.11. The number of anilines is 1. The van der Waals surface area contributed by atoms with Crippen LogP contribution in [-0.2, 0) is 9.47 Å². The summed E-state index contributed by atoms with van der Waals surface area (Å²) in [4.78, 5) is 0. The van der Waals surface area contributed by atoms with Crippen molar-refractivity contribution in [2.24, 2.45) is 0 Å². The molecule has 0 aliphatic carbocycles. The summed E-state index contributed by atoms with van der Waals surface area (Å²) >= 11 is 3.31. The summed E-state index contributed by atoms with van der Waals surface area (Å²) in [7, 11) is 0. The highest BCUT2D eigenvalue weighted by molar-refractivity contribution is 9.10. The summed E-state index contributed by atoms with van der Waals surface area (Å²) in [6.45, 7) is 4.13. The first-order chi connectivity index (χ1) is 9.67. The van der Waals surface area contributed by atoms with Crippen molar-refractivity contribution < 1.29 is 14.6 Å². The minimum Gasteiger partial charge on any atom is -0.389 e. The predicted molar refractivity (Wildman–Crippen MR) is 80.7 cm³/mol. The number of rotatable bonds is 9. The third-order valence-corrected chi connectivity index (χ3v) is 3.01. The molecule has 0 saturated carbocycles. The molecule has 1 unspecified atom stereocenters. The number of nitrogens with one attached hydrogen (secondary N) is 1. The Morgan fingerprint density at radius 2 is 2.15 bits per heavy atom. The smallest absolute Gasteiger partial charge is 0.101 e. The molecular formula is C14H19BrN2O3. The minimum atomic E-state index is -0.633. The van der Waals surface area contributed by atoms with Crippen LogP contribution in [0.1, 0.15) is 12.5 Å². The number of ether oxygens (including phenoxy) is 2. The molecule has 1 aromatic carbocycles. The number of halogens is 1. The number of aliphatic hydroxyl groups is 1. The molecule has 5 nitrogen and oxygen atoms in total. The van der Waals surface area contributed by atoms with E-state index in [-0.39, 0.29) is 6.61 Å². The maximum atomic E-state index is 9.76. The minimum absolute atomic E-state index is 0.235. The molecule has 1 rings (SSSR count). The van der Waals surface area contributed by atoms with Crippen LogP contribution >= 0.6 is 15.9 Å². The summed E-state index contributed by atoms with van der Waals surface area (Å²) in [6.07, 6.45) is -0.633. The van der Waals surface area contributed by atoms with Gasteiger partial charge in [-0.05, 0) is 25.1 Å². The average molecular weight is 343 g/mol. The van der Waals surface area contributed by atoms with Crippen LogP contribution in [0.15, 0.2) is 22.7 Å². The van der Waals surface area contributed by atoms with Gasteiger partial charge in [-0.2, -0.15) is 5.26 Å².